The fourth-order valence-electron chi connectivity index (χ4n) is 2.22. The molecular formula is C12H18N4. The second-order valence-corrected chi connectivity index (χ2v) is 4.55. The second kappa shape index (κ2) is 4.61. The van der Waals surface area contributed by atoms with E-state index in [1.165, 1.54) is 6.42 Å². The first-order valence-electron chi connectivity index (χ1n) is 5.67. The van der Waals surface area contributed by atoms with Gasteiger partial charge in [0.1, 0.15) is 11.5 Å². The molecule has 0 amide bonds. The van der Waals surface area contributed by atoms with Crippen molar-refractivity contribution in [1.29, 1.82) is 5.41 Å². The Labute approximate surface area is 96.0 Å². The Morgan fingerprint density at radius 3 is 3.12 bits per heavy atom. The van der Waals surface area contributed by atoms with Crippen molar-refractivity contribution >= 4 is 5.84 Å². The van der Waals surface area contributed by atoms with Gasteiger partial charge in [-0.3, -0.25) is 15.3 Å². The highest BCUT2D eigenvalue weighted by Crippen LogP contribution is 2.18. The van der Waals surface area contributed by atoms with Crippen LogP contribution >= 0.6 is 0 Å². The van der Waals surface area contributed by atoms with Crippen LogP contribution in [0.25, 0.3) is 0 Å². The van der Waals surface area contributed by atoms with Crippen molar-refractivity contribution in [3.8, 4) is 0 Å². The summed E-state index contributed by atoms with van der Waals surface area (Å²) in [4.78, 5) is 6.56. The SMILES string of the molecule is CC1CCN(Cc2cccnc2C(=N)N)C1. The number of hydrogen-bond donors (Lipinski definition) is 2. The molecule has 0 aromatic carbocycles. The molecule has 0 bridgehead atoms. The van der Waals surface area contributed by atoms with Gasteiger partial charge >= 0.3 is 0 Å². The summed E-state index contributed by atoms with van der Waals surface area (Å²) in [5.41, 5.74) is 7.20. The molecule has 1 unspecified atom stereocenters. The molecule has 1 aliphatic heterocycles. The van der Waals surface area contributed by atoms with Crippen molar-refractivity contribution in [2.75, 3.05) is 13.1 Å². The van der Waals surface area contributed by atoms with Gasteiger partial charge in [0.25, 0.3) is 0 Å². The lowest BCUT2D eigenvalue weighted by Crippen LogP contribution is -2.23. The zero-order valence-electron chi connectivity index (χ0n) is 9.61. The van der Waals surface area contributed by atoms with Crippen LogP contribution in [-0.4, -0.2) is 28.8 Å². The molecule has 1 aromatic rings. The summed E-state index contributed by atoms with van der Waals surface area (Å²) in [7, 11) is 0. The largest absolute Gasteiger partial charge is 0.382 e. The predicted octanol–water partition coefficient (Wildman–Crippen LogP) is 1.21. The minimum atomic E-state index is 0.0582. The average molecular weight is 218 g/mol. The number of likely N-dealkylation sites (tertiary alicyclic amines) is 1. The third kappa shape index (κ3) is 2.39. The standard InChI is InChI=1S/C12H18N4/c1-9-4-6-16(7-9)8-10-3-2-5-15-11(10)12(13)14/h2-3,5,9H,4,6-8H2,1H3,(H3,13,14). The number of nitrogens with zero attached hydrogens (tertiary/aromatic N) is 2. The number of nitrogens with two attached hydrogens (primary N) is 1. The molecule has 3 N–H and O–H groups in total. The third-order valence-electron chi connectivity index (χ3n) is 3.05. The lowest BCUT2D eigenvalue weighted by Gasteiger charge is -2.16. The van der Waals surface area contributed by atoms with Gasteiger partial charge in [0.05, 0.1) is 0 Å². The van der Waals surface area contributed by atoms with E-state index in [4.69, 9.17) is 11.1 Å². The van der Waals surface area contributed by atoms with Crippen LogP contribution in [0.5, 0.6) is 0 Å². The van der Waals surface area contributed by atoms with Crippen molar-refractivity contribution < 1.29 is 0 Å². The third-order valence-corrected chi connectivity index (χ3v) is 3.05. The van der Waals surface area contributed by atoms with E-state index in [9.17, 15) is 0 Å². The van der Waals surface area contributed by atoms with Gasteiger partial charge in [0.2, 0.25) is 0 Å². The van der Waals surface area contributed by atoms with Gasteiger partial charge in [-0.05, 0) is 30.5 Å². The number of hydrogen-bond acceptors (Lipinski definition) is 3. The van der Waals surface area contributed by atoms with E-state index in [1.807, 2.05) is 12.1 Å². The van der Waals surface area contributed by atoms with Gasteiger partial charge in [-0.25, -0.2) is 0 Å². The normalized spacial score (nSPS) is 21.2. The topological polar surface area (TPSA) is 66.0 Å². The van der Waals surface area contributed by atoms with Crippen molar-refractivity contribution in [2.45, 2.75) is 19.9 Å². The lowest BCUT2D eigenvalue weighted by molar-refractivity contribution is 0.320. The van der Waals surface area contributed by atoms with Crippen molar-refractivity contribution in [3.63, 3.8) is 0 Å². The van der Waals surface area contributed by atoms with Gasteiger partial charge < -0.3 is 5.73 Å². The molecule has 0 aliphatic carbocycles. The van der Waals surface area contributed by atoms with Gasteiger partial charge in [-0.2, -0.15) is 0 Å². The number of rotatable bonds is 3. The molecule has 4 heteroatoms. The maximum atomic E-state index is 7.49. The number of pyridine rings is 1. The molecule has 86 valence electrons. The van der Waals surface area contributed by atoms with Crippen LogP contribution < -0.4 is 5.73 Å². The molecule has 1 saturated heterocycles. The molecule has 0 saturated carbocycles. The Kier molecular flexibility index (Phi) is 3.19. The molecule has 1 aliphatic rings. The van der Waals surface area contributed by atoms with Crippen molar-refractivity contribution in [1.82, 2.24) is 9.88 Å². The fourth-order valence-corrected chi connectivity index (χ4v) is 2.22. The zero-order valence-corrected chi connectivity index (χ0v) is 9.61. The number of nitrogens with one attached hydrogen (secondary N) is 1. The Hall–Kier alpha value is -1.42. The number of amidine groups is 1. The Morgan fingerprint density at radius 1 is 1.69 bits per heavy atom. The van der Waals surface area contributed by atoms with E-state index in [0.29, 0.717) is 5.69 Å². The number of nitrogen functional groups attached to an aromatic ring is 1. The smallest absolute Gasteiger partial charge is 0.142 e. The summed E-state index contributed by atoms with van der Waals surface area (Å²) < 4.78 is 0. The van der Waals surface area contributed by atoms with E-state index < -0.39 is 0 Å². The highest BCUT2D eigenvalue weighted by Gasteiger charge is 2.19. The average Bonchev–Trinajstić information content (AvgIpc) is 2.64. The van der Waals surface area contributed by atoms with Crippen LogP contribution in [0.2, 0.25) is 0 Å². The Balaban J connectivity index is 2.12. The predicted molar refractivity (Wildman–Crippen MR) is 64.3 cm³/mol. The van der Waals surface area contributed by atoms with Crippen molar-refractivity contribution in [2.24, 2.45) is 11.7 Å². The molecular weight excluding hydrogens is 200 g/mol. The fraction of sp³-hybridized carbons (Fsp3) is 0.500. The maximum absolute atomic E-state index is 7.49. The molecule has 1 atom stereocenters. The summed E-state index contributed by atoms with van der Waals surface area (Å²) in [6, 6.07) is 3.91. The molecule has 0 radical (unpaired) electrons. The highest BCUT2D eigenvalue weighted by molar-refractivity contribution is 5.94. The molecule has 1 aromatic heterocycles. The van der Waals surface area contributed by atoms with Crippen LogP contribution in [0.1, 0.15) is 24.6 Å². The minimum Gasteiger partial charge on any atom is -0.382 e. The number of aromatic nitrogens is 1. The summed E-state index contributed by atoms with van der Waals surface area (Å²) in [6.07, 6.45) is 2.95. The molecule has 2 rings (SSSR count). The Morgan fingerprint density at radius 2 is 2.50 bits per heavy atom. The van der Waals surface area contributed by atoms with E-state index in [-0.39, 0.29) is 5.84 Å². The molecule has 0 spiro atoms. The van der Waals surface area contributed by atoms with Crippen LogP contribution in [0, 0.1) is 11.3 Å². The van der Waals surface area contributed by atoms with Gasteiger partial charge in [-0.1, -0.05) is 13.0 Å². The van der Waals surface area contributed by atoms with Gasteiger partial charge in [0, 0.05) is 19.3 Å². The van der Waals surface area contributed by atoms with Crippen LogP contribution in [0.3, 0.4) is 0 Å². The van der Waals surface area contributed by atoms with Crippen LogP contribution in [0.15, 0.2) is 18.3 Å². The quantitative estimate of drug-likeness (QED) is 0.592. The zero-order chi connectivity index (χ0) is 11.5. The van der Waals surface area contributed by atoms with Crippen molar-refractivity contribution in [3.05, 3.63) is 29.6 Å². The summed E-state index contributed by atoms with van der Waals surface area (Å²) >= 11 is 0. The van der Waals surface area contributed by atoms with Crippen LogP contribution in [0.4, 0.5) is 0 Å². The summed E-state index contributed by atoms with van der Waals surface area (Å²) in [5.74, 6) is 0.834. The molecule has 16 heavy (non-hydrogen) atoms. The molecule has 1 fully saturated rings. The molecule has 4 nitrogen and oxygen atoms in total. The lowest BCUT2D eigenvalue weighted by atomic mass is 10.1. The minimum absolute atomic E-state index is 0.0582. The second-order valence-electron chi connectivity index (χ2n) is 4.55. The van der Waals surface area contributed by atoms with E-state index in [2.05, 4.69) is 16.8 Å². The first-order chi connectivity index (χ1) is 7.66. The summed E-state index contributed by atoms with van der Waals surface area (Å²) in [6.45, 7) is 5.39. The highest BCUT2D eigenvalue weighted by atomic mass is 15.1. The summed E-state index contributed by atoms with van der Waals surface area (Å²) in [5, 5.41) is 7.49. The first kappa shape index (κ1) is 11.1. The maximum Gasteiger partial charge on any atom is 0.142 e. The Bertz CT molecular complexity index is 388. The van der Waals surface area contributed by atoms with Gasteiger partial charge in [0.15, 0.2) is 0 Å². The molecule has 2 heterocycles. The van der Waals surface area contributed by atoms with E-state index in [1.54, 1.807) is 6.20 Å². The van der Waals surface area contributed by atoms with E-state index >= 15 is 0 Å². The van der Waals surface area contributed by atoms with Crippen LogP contribution in [-0.2, 0) is 6.54 Å². The van der Waals surface area contributed by atoms with Gasteiger partial charge in [-0.15, -0.1) is 0 Å². The monoisotopic (exact) mass is 218 g/mol. The first-order valence-corrected chi connectivity index (χ1v) is 5.67. The van der Waals surface area contributed by atoms with E-state index in [0.717, 1.165) is 31.1 Å².